The summed E-state index contributed by atoms with van der Waals surface area (Å²) in [5.41, 5.74) is 5.56. The molecule has 4 rings (SSSR count). The zero-order valence-electron chi connectivity index (χ0n) is 14.0. The van der Waals surface area contributed by atoms with Crippen LogP contribution in [0.2, 0.25) is 0 Å². The molecule has 1 heterocycles. The highest BCUT2D eigenvalue weighted by Crippen LogP contribution is 2.32. The van der Waals surface area contributed by atoms with E-state index in [-0.39, 0.29) is 6.79 Å². The highest BCUT2D eigenvalue weighted by molar-refractivity contribution is 5.99. The van der Waals surface area contributed by atoms with E-state index < -0.39 is 11.8 Å². The molecule has 0 radical (unpaired) electrons. The van der Waals surface area contributed by atoms with Crippen LogP contribution >= 0.6 is 0 Å². The van der Waals surface area contributed by atoms with Crippen LogP contribution in [-0.4, -0.2) is 25.2 Å². The first kappa shape index (κ1) is 16.3. The topological polar surface area (TPSA) is 85.9 Å². The number of benzene rings is 2. The van der Waals surface area contributed by atoms with Crippen LogP contribution in [-0.2, 0) is 0 Å². The summed E-state index contributed by atoms with van der Waals surface area (Å²) in [6, 6.07) is 11.6. The molecule has 0 aromatic heterocycles. The zero-order valence-corrected chi connectivity index (χ0v) is 14.0. The van der Waals surface area contributed by atoms with Crippen molar-refractivity contribution < 1.29 is 23.8 Å². The maximum Gasteiger partial charge on any atom is 0.269 e. The standard InChI is InChI=1S/C19H18N2O5/c22-18(13-3-6-15(7-4-13)24-10-12-1-2-12)20-21-19(23)14-5-8-16-17(9-14)26-11-25-16/h3-9,12H,1-2,10-11H2,(H,20,22)(H,21,23). The first-order chi connectivity index (χ1) is 12.7. The number of carbonyl (C=O) groups excluding carboxylic acids is 2. The Morgan fingerprint density at radius 1 is 0.923 bits per heavy atom. The van der Waals surface area contributed by atoms with Crippen LogP contribution < -0.4 is 25.1 Å². The lowest BCUT2D eigenvalue weighted by Gasteiger charge is -2.09. The third kappa shape index (κ3) is 3.72. The van der Waals surface area contributed by atoms with E-state index in [1.54, 1.807) is 42.5 Å². The van der Waals surface area contributed by atoms with Crippen LogP contribution in [0.25, 0.3) is 0 Å². The molecule has 0 bridgehead atoms. The maximum absolute atomic E-state index is 12.1. The van der Waals surface area contributed by atoms with E-state index in [0.717, 1.165) is 12.4 Å². The van der Waals surface area contributed by atoms with E-state index in [2.05, 4.69) is 10.9 Å². The molecular formula is C19H18N2O5. The summed E-state index contributed by atoms with van der Waals surface area (Å²) >= 11 is 0. The first-order valence-electron chi connectivity index (χ1n) is 8.42. The van der Waals surface area contributed by atoms with E-state index in [9.17, 15) is 9.59 Å². The highest BCUT2D eigenvalue weighted by atomic mass is 16.7. The first-order valence-corrected chi connectivity index (χ1v) is 8.42. The van der Waals surface area contributed by atoms with Gasteiger partial charge in [-0.3, -0.25) is 20.4 Å². The molecule has 7 heteroatoms. The minimum absolute atomic E-state index is 0.136. The third-order valence-corrected chi connectivity index (χ3v) is 4.22. The van der Waals surface area contributed by atoms with E-state index >= 15 is 0 Å². The van der Waals surface area contributed by atoms with Crippen LogP contribution in [0.15, 0.2) is 42.5 Å². The molecule has 0 unspecified atom stereocenters. The van der Waals surface area contributed by atoms with Crippen molar-refractivity contribution in [2.24, 2.45) is 5.92 Å². The second kappa shape index (κ2) is 6.95. The summed E-state index contributed by atoms with van der Waals surface area (Å²) in [7, 11) is 0. The molecule has 1 saturated carbocycles. The maximum atomic E-state index is 12.1. The fourth-order valence-electron chi connectivity index (χ4n) is 2.50. The van der Waals surface area contributed by atoms with E-state index in [1.807, 2.05) is 0 Å². The van der Waals surface area contributed by atoms with E-state index in [4.69, 9.17) is 14.2 Å². The van der Waals surface area contributed by atoms with Crippen molar-refractivity contribution in [1.29, 1.82) is 0 Å². The molecule has 0 atom stereocenters. The molecule has 134 valence electrons. The van der Waals surface area contributed by atoms with E-state index in [1.165, 1.54) is 12.8 Å². The normalized spacial score (nSPS) is 14.6. The molecule has 2 aliphatic rings. The Hall–Kier alpha value is -3.22. The molecule has 1 aliphatic heterocycles. The summed E-state index contributed by atoms with van der Waals surface area (Å²) in [6.45, 7) is 0.856. The SMILES string of the molecule is O=C(NNC(=O)c1ccc2c(c1)OCO2)c1ccc(OCC2CC2)cc1. The predicted molar refractivity (Wildman–Crippen MR) is 92.2 cm³/mol. The molecule has 0 saturated heterocycles. The number of rotatable bonds is 5. The Labute approximate surface area is 150 Å². The van der Waals surface area contributed by atoms with Crippen molar-refractivity contribution in [2.45, 2.75) is 12.8 Å². The van der Waals surface area contributed by atoms with Crippen LogP contribution in [0.1, 0.15) is 33.6 Å². The van der Waals surface area contributed by atoms with Gasteiger partial charge in [0.25, 0.3) is 11.8 Å². The number of hydrazine groups is 1. The van der Waals surface area contributed by atoms with Crippen molar-refractivity contribution in [3.8, 4) is 17.2 Å². The lowest BCUT2D eigenvalue weighted by atomic mass is 10.2. The molecule has 1 fully saturated rings. The summed E-state index contributed by atoms with van der Waals surface area (Å²) in [6.07, 6.45) is 2.45. The van der Waals surface area contributed by atoms with Gasteiger partial charge in [-0.25, -0.2) is 0 Å². The molecule has 2 amide bonds. The average Bonchev–Trinajstić information content (AvgIpc) is 3.39. The van der Waals surface area contributed by atoms with Crippen LogP contribution in [0, 0.1) is 5.92 Å². The number of amides is 2. The fraction of sp³-hybridized carbons (Fsp3) is 0.263. The average molecular weight is 354 g/mol. The van der Waals surface area contributed by atoms with Gasteiger partial charge < -0.3 is 14.2 Å². The minimum atomic E-state index is -0.443. The number of fused-ring (bicyclic) bond motifs is 1. The van der Waals surface area contributed by atoms with Crippen molar-refractivity contribution in [1.82, 2.24) is 10.9 Å². The van der Waals surface area contributed by atoms with Gasteiger partial charge in [0.2, 0.25) is 6.79 Å². The van der Waals surface area contributed by atoms with Gasteiger partial charge in [-0.05, 0) is 61.2 Å². The van der Waals surface area contributed by atoms with Gasteiger partial charge in [0.1, 0.15) is 5.75 Å². The number of hydrogen-bond donors (Lipinski definition) is 2. The molecule has 2 N–H and O–H groups in total. The third-order valence-electron chi connectivity index (χ3n) is 4.22. The smallest absolute Gasteiger partial charge is 0.269 e. The van der Waals surface area contributed by atoms with Crippen molar-refractivity contribution in [2.75, 3.05) is 13.4 Å². The predicted octanol–water partition coefficient (Wildman–Crippen LogP) is 2.28. The number of ether oxygens (including phenoxy) is 3. The molecule has 7 nitrogen and oxygen atoms in total. The lowest BCUT2D eigenvalue weighted by Crippen LogP contribution is -2.41. The Bertz CT molecular complexity index is 830. The largest absolute Gasteiger partial charge is 0.493 e. The summed E-state index contributed by atoms with van der Waals surface area (Å²) < 4.78 is 16.1. The molecule has 2 aromatic carbocycles. The summed E-state index contributed by atoms with van der Waals surface area (Å²) in [5, 5.41) is 0. The Balaban J connectivity index is 1.30. The van der Waals surface area contributed by atoms with E-state index in [0.29, 0.717) is 28.5 Å². The second-order valence-corrected chi connectivity index (χ2v) is 6.26. The Kier molecular flexibility index (Phi) is 4.35. The molecular weight excluding hydrogens is 336 g/mol. The summed E-state index contributed by atoms with van der Waals surface area (Å²) in [4.78, 5) is 24.3. The van der Waals surface area contributed by atoms with Gasteiger partial charge in [-0.1, -0.05) is 0 Å². The minimum Gasteiger partial charge on any atom is -0.493 e. The molecule has 1 aliphatic carbocycles. The number of nitrogens with one attached hydrogen (secondary N) is 2. The monoisotopic (exact) mass is 354 g/mol. The van der Waals surface area contributed by atoms with Crippen LogP contribution in [0.4, 0.5) is 0 Å². The van der Waals surface area contributed by atoms with Crippen LogP contribution in [0.5, 0.6) is 17.2 Å². The molecule has 2 aromatic rings. The van der Waals surface area contributed by atoms with Gasteiger partial charge in [-0.2, -0.15) is 0 Å². The van der Waals surface area contributed by atoms with Crippen molar-refractivity contribution in [3.63, 3.8) is 0 Å². The summed E-state index contributed by atoms with van der Waals surface area (Å²) in [5.74, 6) is 1.65. The van der Waals surface area contributed by atoms with Gasteiger partial charge in [0, 0.05) is 11.1 Å². The fourth-order valence-corrected chi connectivity index (χ4v) is 2.50. The second-order valence-electron chi connectivity index (χ2n) is 6.26. The molecule has 26 heavy (non-hydrogen) atoms. The quantitative estimate of drug-likeness (QED) is 0.805. The van der Waals surface area contributed by atoms with Gasteiger partial charge in [-0.15, -0.1) is 0 Å². The van der Waals surface area contributed by atoms with Crippen LogP contribution in [0.3, 0.4) is 0 Å². The van der Waals surface area contributed by atoms with Crippen molar-refractivity contribution >= 4 is 11.8 Å². The number of hydrogen-bond acceptors (Lipinski definition) is 5. The van der Waals surface area contributed by atoms with Gasteiger partial charge >= 0.3 is 0 Å². The Morgan fingerprint density at radius 2 is 1.58 bits per heavy atom. The molecule has 0 spiro atoms. The Morgan fingerprint density at radius 3 is 2.31 bits per heavy atom. The number of carbonyl (C=O) groups is 2. The van der Waals surface area contributed by atoms with Gasteiger partial charge in [0.15, 0.2) is 11.5 Å². The van der Waals surface area contributed by atoms with Gasteiger partial charge in [0.05, 0.1) is 6.61 Å². The van der Waals surface area contributed by atoms with Crippen molar-refractivity contribution in [3.05, 3.63) is 53.6 Å². The lowest BCUT2D eigenvalue weighted by molar-refractivity contribution is 0.0846. The zero-order chi connectivity index (χ0) is 17.9. The highest BCUT2D eigenvalue weighted by Gasteiger charge is 2.22.